The highest BCUT2D eigenvalue weighted by molar-refractivity contribution is 6.08. The van der Waals surface area contributed by atoms with Gasteiger partial charge in [0.2, 0.25) is 0 Å². The molecule has 0 bridgehead atoms. The van der Waals surface area contributed by atoms with Gasteiger partial charge in [-0.3, -0.25) is 0 Å². The number of esters is 1. The van der Waals surface area contributed by atoms with E-state index < -0.39 is 5.97 Å². The molecule has 0 atom stereocenters. The van der Waals surface area contributed by atoms with Crippen molar-refractivity contribution in [3.8, 4) is 0 Å². The van der Waals surface area contributed by atoms with E-state index in [2.05, 4.69) is 9.72 Å². The predicted octanol–water partition coefficient (Wildman–Crippen LogP) is 0.537. The van der Waals surface area contributed by atoms with Gasteiger partial charge in [-0.15, -0.1) is 0 Å². The van der Waals surface area contributed by atoms with Crippen LogP contribution in [-0.2, 0) is 11.1 Å². The number of hydrogen-bond acceptors (Lipinski definition) is 3. The fourth-order valence-electron chi connectivity index (χ4n) is 0.771. The van der Waals surface area contributed by atoms with Crippen molar-refractivity contribution < 1.29 is 9.53 Å². The molecule has 0 saturated heterocycles. The van der Waals surface area contributed by atoms with Crippen LogP contribution >= 0.6 is 0 Å². The maximum absolute atomic E-state index is 10.9. The molecule has 0 amide bonds. The summed E-state index contributed by atoms with van der Waals surface area (Å²) in [5.41, 5.74) is 1.19. The zero-order valence-electron chi connectivity index (χ0n) is 6.78. The molecule has 0 aliphatic rings. The molecule has 0 saturated carbocycles. The van der Waals surface area contributed by atoms with Crippen LogP contribution in [0.3, 0.4) is 0 Å². The molecule has 0 unspecified atom stereocenters. The van der Waals surface area contributed by atoms with E-state index in [1.54, 1.807) is 18.3 Å². The lowest BCUT2D eigenvalue weighted by Gasteiger charge is -1.98. The molecule has 0 aliphatic carbocycles. The smallest absolute Gasteiger partial charge is 0.356 e. The van der Waals surface area contributed by atoms with E-state index in [9.17, 15) is 4.79 Å². The molecule has 3 nitrogen and oxygen atoms in total. The Hall–Kier alpha value is -1.32. The molecule has 60 valence electrons. The molecule has 1 rings (SSSR count). The second-order valence-electron chi connectivity index (χ2n) is 2.25. The van der Waals surface area contributed by atoms with Crippen molar-refractivity contribution in [2.24, 2.45) is 0 Å². The number of methoxy groups -OCH3 is 1. The van der Waals surface area contributed by atoms with Gasteiger partial charge in [-0.2, -0.15) is 0 Å². The van der Waals surface area contributed by atoms with Crippen LogP contribution in [0.2, 0.25) is 0 Å². The number of pyridine rings is 1. The second kappa shape index (κ2) is 3.90. The Morgan fingerprint density at radius 1 is 1.67 bits per heavy atom. The number of hydrogen-bond donors (Lipinski definition) is 0. The standard InChI is InChI=1S/C8H8BNO2/c1-12-8(11)7-3-2-6(4-9)5-10-7/h2-3,5H,4H2,1H3. The summed E-state index contributed by atoms with van der Waals surface area (Å²) >= 11 is 0. The van der Waals surface area contributed by atoms with Gasteiger partial charge >= 0.3 is 5.97 Å². The first kappa shape index (κ1) is 8.78. The van der Waals surface area contributed by atoms with Gasteiger partial charge in [0.15, 0.2) is 0 Å². The highest BCUT2D eigenvalue weighted by atomic mass is 16.5. The van der Waals surface area contributed by atoms with Crippen LogP contribution in [-0.4, -0.2) is 25.9 Å². The van der Waals surface area contributed by atoms with Crippen LogP contribution in [0.25, 0.3) is 0 Å². The molecule has 12 heavy (non-hydrogen) atoms. The van der Waals surface area contributed by atoms with Crippen LogP contribution in [0.5, 0.6) is 0 Å². The van der Waals surface area contributed by atoms with Crippen molar-refractivity contribution in [1.82, 2.24) is 4.98 Å². The zero-order chi connectivity index (χ0) is 8.97. The van der Waals surface area contributed by atoms with Crippen LogP contribution in [0, 0.1) is 0 Å². The van der Waals surface area contributed by atoms with Gasteiger partial charge in [-0.1, -0.05) is 12.4 Å². The highest BCUT2D eigenvalue weighted by Gasteiger charge is 2.04. The van der Waals surface area contributed by atoms with Crippen LogP contribution in [0.15, 0.2) is 18.3 Å². The third-order valence-corrected chi connectivity index (χ3v) is 1.45. The minimum Gasteiger partial charge on any atom is -0.464 e. The molecule has 0 N–H and O–H groups in total. The molecular weight excluding hydrogens is 153 g/mol. The van der Waals surface area contributed by atoms with Gasteiger partial charge in [0.1, 0.15) is 5.69 Å². The maximum Gasteiger partial charge on any atom is 0.356 e. The molecule has 1 aromatic heterocycles. The van der Waals surface area contributed by atoms with Crippen molar-refractivity contribution in [3.63, 3.8) is 0 Å². The number of carbonyl (C=O) groups is 1. The molecule has 1 aromatic rings. The fourth-order valence-corrected chi connectivity index (χ4v) is 0.771. The molecule has 1 heterocycles. The minimum absolute atomic E-state index is 0.301. The van der Waals surface area contributed by atoms with Gasteiger partial charge < -0.3 is 4.74 Å². The van der Waals surface area contributed by atoms with Crippen molar-refractivity contribution in [2.45, 2.75) is 6.32 Å². The van der Waals surface area contributed by atoms with Crippen LogP contribution in [0.1, 0.15) is 16.1 Å². The van der Waals surface area contributed by atoms with Crippen LogP contribution in [0.4, 0.5) is 0 Å². The van der Waals surface area contributed by atoms with Crippen molar-refractivity contribution >= 4 is 13.8 Å². The van der Waals surface area contributed by atoms with E-state index in [4.69, 9.17) is 7.85 Å². The zero-order valence-corrected chi connectivity index (χ0v) is 6.78. The highest BCUT2D eigenvalue weighted by Crippen LogP contribution is 2.00. The van der Waals surface area contributed by atoms with E-state index in [-0.39, 0.29) is 0 Å². The Morgan fingerprint density at radius 3 is 2.83 bits per heavy atom. The monoisotopic (exact) mass is 161 g/mol. The predicted molar refractivity (Wildman–Crippen MR) is 45.0 cm³/mol. The number of rotatable bonds is 2. The van der Waals surface area contributed by atoms with E-state index in [0.29, 0.717) is 12.0 Å². The van der Waals surface area contributed by atoms with Gasteiger partial charge in [0, 0.05) is 6.20 Å². The Bertz CT molecular complexity index is 271. The first-order valence-electron chi connectivity index (χ1n) is 3.51. The summed E-state index contributed by atoms with van der Waals surface area (Å²) in [5, 5.41) is 0. The van der Waals surface area contributed by atoms with Crippen molar-refractivity contribution in [1.29, 1.82) is 0 Å². The lowest BCUT2D eigenvalue weighted by Crippen LogP contribution is -2.04. The summed E-state index contributed by atoms with van der Waals surface area (Å²) in [6, 6.07) is 3.34. The summed E-state index contributed by atoms with van der Waals surface area (Å²) in [5.74, 6) is -0.432. The van der Waals surface area contributed by atoms with E-state index >= 15 is 0 Å². The number of nitrogens with zero attached hydrogens (tertiary/aromatic N) is 1. The van der Waals surface area contributed by atoms with E-state index in [0.717, 1.165) is 5.56 Å². The molecule has 0 aliphatic heterocycles. The average Bonchev–Trinajstić information content (AvgIpc) is 2.17. The fraction of sp³-hybridized carbons (Fsp3) is 0.250. The summed E-state index contributed by atoms with van der Waals surface area (Å²) in [4.78, 5) is 14.8. The Balaban J connectivity index is 2.84. The first-order chi connectivity index (χ1) is 5.77. The third kappa shape index (κ3) is 1.84. The third-order valence-electron chi connectivity index (χ3n) is 1.45. The molecule has 0 spiro atoms. The summed E-state index contributed by atoms with van der Waals surface area (Å²) in [7, 11) is 6.67. The normalized spacial score (nSPS) is 9.42. The Kier molecular flexibility index (Phi) is 2.85. The molecule has 2 radical (unpaired) electrons. The SMILES string of the molecule is [B]Cc1ccc(C(=O)OC)nc1. The Morgan fingerprint density at radius 2 is 2.42 bits per heavy atom. The average molecular weight is 161 g/mol. The summed E-state index contributed by atoms with van der Waals surface area (Å²) in [6.45, 7) is 0. The molecule has 0 aromatic carbocycles. The lowest BCUT2D eigenvalue weighted by atomic mass is 9.98. The van der Waals surface area contributed by atoms with Crippen LogP contribution < -0.4 is 0 Å². The van der Waals surface area contributed by atoms with Gasteiger partial charge in [-0.25, -0.2) is 9.78 Å². The van der Waals surface area contributed by atoms with Gasteiger partial charge in [-0.05, 0) is 11.6 Å². The minimum atomic E-state index is -0.432. The number of aromatic nitrogens is 1. The van der Waals surface area contributed by atoms with E-state index in [1.165, 1.54) is 7.11 Å². The quantitative estimate of drug-likeness (QED) is 0.469. The van der Waals surface area contributed by atoms with Gasteiger partial charge in [0.25, 0.3) is 0 Å². The first-order valence-corrected chi connectivity index (χ1v) is 3.51. The topological polar surface area (TPSA) is 39.2 Å². The van der Waals surface area contributed by atoms with E-state index in [1.807, 2.05) is 0 Å². The summed E-state index contributed by atoms with van der Waals surface area (Å²) < 4.78 is 4.48. The summed E-state index contributed by atoms with van der Waals surface area (Å²) in [6.07, 6.45) is 1.99. The second-order valence-corrected chi connectivity index (χ2v) is 2.25. The maximum atomic E-state index is 10.9. The molecule has 0 fully saturated rings. The van der Waals surface area contributed by atoms with Crippen molar-refractivity contribution in [2.75, 3.05) is 7.11 Å². The number of carbonyl (C=O) groups excluding carboxylic acids is 1. The van der Waals surface area contributed by atoms with Crippen molar-refractivity contribution in [3.05, 3.63) is 29.6 Å². The number of ether oxygens (including phenoxy) is 1. The molecule has 4 heteroatoms. The Labute approximate surface area is 72.2 Å². The van der Waals surface area contributed by atoms with Gasteiger partial charge in [0.05, 0.1) is 15.0 Å². The molecular formula is C8H8BNO2. The lowest BCUT2D eigenvalue weighted by molar-refractivity contribution is 0.0594. The largest absolute Gasteiger partial charge is 0.464 e.